The second-order valence-electron chi connectivity index (χ2n) is 3.30. The molecule has 1 nitrogen and oxygen atoms in total. The summed E-state index contributed by atoms with van der Waals surface area (Å²) in [6.45, 7) is 4.34. The highest BCUT2D eigenvalue weighted by Gasteiger charge is 1.88. The smallest absolute Gasteiger partial charge is 0.0629 e. The van der Waals surface area contributed by atoms with Gasteiger partial charge in [-0.25, -0.2) is 0 Å². The highest BCUT2D eigenvalue weighted by molar-refractivity contribution is 7.37. The number of rotatable bonds is 5. The van der Waals surface area contributed by atoms with Crippen molar-refractivity contribution in [1.29, 1.82) is 0 Å². The maximum Gasteiger partial charge on any atom is 0.0629 e. The van der Waals surface area contributed by atoms with Gasteiger partial charge in [-0.15, -0.1) is 8.58 Å². The average Bonchev–Trinajstić information content (AvgIpc) is 2.18. The lowest BCUT2D eigenvalue weighted by molar-refractivity contribution is 1.22. The number of allylic oxidation sites excluding steroid dienone is 1. The van der Waals surface area contributed by atoms with Crippen LogP contribution in [0.3, 0.4) is 0 Å². The molecule has 1 aromatic heterocycles. The van der Waals surface area contributed by atoms with Crippen LogP contribution in [0.1, 0.15) is 24.6 Å². The molecule has 2 heteroatoms. The van der Waals surface area contributed by atoms with Crippen molar-refractivity contribution in [2.75, 3.05) is 12.3 Å². The molecule has 0 aliphatic rings. The fraction of sp³-hybridized carbons (Fsp3) is 0.417. The Morgan fingerprint density at radius 2 is 2.36 bits per heavy atom. The predicted octanol–water partition coefficient (Wildman–Crippen LogP) is 3.49. The fourth-order valence-corrected chi connectivity index (χ4v) is 1.94. The molecule has 0 aliphatic heterocycles. The van der Waals surface area contributed by atoms with Gasteiger partial charge in [0.15, 0.2) is 0 Å². The van der Waals surface area contributed by atoms with Gasteiger partial charge >= 0.3 is 0 Å². The van der Waals surface area contributed by atoms with Crippen molar-refractivity contribution in [2.45, 2.75) is 20.3 Å². The van der Waals surface area contributed by atoms with Crippen LogP contribution in [-0.4, -0.2) is 17.3 Å². The minimum Gasteiger partial charge on any atom is -0.257 e. The van der Waals surface area contributed by atoms with Crippen LogP contribution in [-0.2, 0) is 0 Å². The summed E-state index contributed by atoms with van der Waals surface area (Å²) in [4.78, 5) is 4.27. The lowest BCUT2D eigenvalue weighted by atomic mass is 10.2. The number of pyridine rings is 1. The minimum absolute atomic E-state index is 1.07. The maximum atomic E-state index is 4.27. The minimum atomic E-state index is 1.07. The van der Waals surface area contributed by atoms with Crippen molar-refractivity contribution in [1.82, 2.24) is 4.98 Å². The van der Waals surface area contributed by atoms with Crippen molar-refractivity contribution >= 4 is 14.7 Å². The third kappa shape index (κ3) is 4.53. The fourth-order valence-electron chi connectivity index (χ4n) is 1.22. The molecule has 0 saturated carbocycles. The molecule has 0 aliphatic carbocycles. The van der Waals surface area contributed by atoms with Gasteiger partial charge in [0.2, 0.25) is 0 Å². The summed E-state index contributed by atoms with van der Waals surface area (Å²) in [6.07, 6.45) is 10.0. The second kappa shape index (κ2) is 6.73. The Labute approximate surface area is 88.4 Å². The van der Waals surface area contributed by atoms with E-state index in [0.717, 1.165) is 14.3 Å². The monoisotopic (exact) mass is 207 g/mol. The van der Waals surface area contributed by atoms with E-state index in [1.54, 1.807) is 0 Å². The Morgan fingerprint density at radius 1 is 1.50 bits per heavy atom. The zero-order valence-corrected chi connectivity index (χ0v) is 9.96. The average molecular weight is 207 g/mol. The molecule has 0 radical (unpaired) electrons. The molecule has 14 heavy (non-hydrogen) atoms. The molecule has 0 saturated heterocycles. The van der Waals surface area contributed by atoms with E-state index in [1.807, 2.05) is 12.3 Å². The first-order chi connectivity index (χ1) is 6.83. The van der Waals surface area contributed by atoms with Crippen LogP contribution >= 0.6 is 8.58 Å². The molecule has 1 aromatic rings. The number of aromatic nitrogens is 1. The quantitative estimate of drug-likeness (QED) is 0.532. The summed E-state index contributed by atoms with van der Waals surface area (Å²) in [5, 5.41) is 0. The molecule has 0 spiro atoms. The van der Waals surface area contributed by atoms with Gasteiger partial charge in [0, 0.05) is 6.20 Å². The van der Waals surface area contributed by atoms with Gasteiger partial charge in [0.05, 0.1) is 5.69 Å². The van der Waals surface area contributed by atoms with Crippen molar-refractivity contribution in [3.8, 4) is 0 Å². The first-order valence-electron chi connectivity index (χ1n) is 5.13. The summed E-state index contributed by atoms with van der Waals surface area (Å²) < 4.78 is 0. The van der Waals surface area contributed by atoms with E-state index in [9.17, 15) is 0 Å². The van der Waals surface area contributed by atoms with Crippen molar-refractivity contribution in [3.05, 3.63) is 35.7 Å². The van der Waals surface area contributed by atoms with Crippen LogP contribution < -0.4 is 0 Å². The SMILES string of the molecule is CCPCC/C=C/c1cc(C)ccn1. The zero-order chi connectivity index (χ0) is 10.2. The Hall–Kier alpha value is -0.680. The highest BCUT2D eigenvalue weighted by Crippen LogP contribution is 2.10. The van der Waals surface area contributed by atoms with E-state index in [0.29, 0.717) is 0 Å². The normalized spacial score (nSPS) is 11.9. The molecule has 1 rings (SSSR count). The molecule has 0 fully saturated rings. The lowest BCUT2D eigenvalue weighted by Gasteiger charge is -1.95. The summed E-state index contributed by atoms with van der Waals surface area (Å²) >= 11 is 0. The molecular weight excluding hydrogens is 189 g/mol. The molecule has 0 N–H and O–H groups in total. The second-order valence-corrected chi connectivity index (χ2v) is 5.01. The van der Waals surface area contributed by atoms with Crippen LogP contribution in [0, 0.1) is 6.92 Å². The molecule has 1 heterocycles. The molecule has 76 valence electrons. The van der Waals surface area contributed by atoms with Crippen molar-refractivity contribution in [2.24, 2.45) is 0 Å². The van der Waals surface area contributed by atoms with E-state index in [-0.39, 0.29) is 0 Å². The summed E-state index contributed by atoms with van der Waals surface area (Å²) in [6, 6.07) is 4.13. The van der Waals surface area contributed by atoms with Crippen molar-refractivity contribution < 1.29 is 0 Å². The van der Waals surface area contributed by atoms with E-state index >= 15 is 0 Å². The van der Waals surface area contributed by atoms with Gasteiger partial charge in [-0.1, -0.05) is 13.0 Å². The van der Waals surface area contributed by atoms with Crippen LogP contribution in [0.25, 0.3) is 6.08 Å². The van der Waals surface area contributed by atoms with Gasteiger partial charge in [-0.05, 0) is 49.4 Å². The van der Waals surface area contributed by atoms with Crippen LogP contribution in [0.4, 0.5) is 0 Å². The maximum absolute atomic E-state index is 4.27. The van der Waals surface area contributed by atoms with Crippen LogP contribution in [0.15, 0.2) is 24.4 Å². The Balaban J connectivity index is 2.36. The Morgan fingerprint density at radius 3 is 3.07 bits per heavy atom. The molecular formula is C12H18NP. The van der Waals surface area contributed by atoms with Gasteiger partial charge < -0.3 is 0 Å². The zero-order valence-electron chi connectivity index (χ0n) is 8.96. The Kier molecular flexibility index (Phi) is 5.47. The summed E-state index contributed by atoms with van der Waals surface area (Å²) in [7, 11) is 1.11. The van der Waals surface area contributed by atoms with Crippen LogP contribution in [0.5, 0.6) is 0 Å². The molecule has 0 bridgehead atoms. The first-order valence-corrected chi connectivity index (χ1v) is 6.54. The summed E-state index contributed by atoms with van der Waals surface area (Å²) in [5.41, 5.74) is 2.35. The standard InChI is InChI=1S/C12H18NP/c1-3-14-9-5-4-6-12-10-11(2)7-8-13-12/h4,6-8,10,14H,3,5,9H2,1-2H3/b6-4+. The number of nitrogens with zero attached hydrogens (tertiary/aromatic N) is 1. The van der Waals surface area contributed by atoms with Gasteiger partial charge in [0.25, 0.3) is 0 Å². The lowest BCUT2D eigenvalue weighted by Crippen LogP contribution is -1.81. The van der Waals surface area contributed by atoms with Crippen molar-refractivity contribution in [3.63, 3.8) is 0 Å². The topological polar surface area (TPSA) is 12.9 Å². The first kappa shape index (κ1) is 11.4. The molecule has 0 amide bonds. The summed E-state index contributed by atoms with van der Waals surface area (Å²) in [5.74, 6) is 0. The third-order valence-corrected chi connectivity index (χ3v) is 3.11. The van der Waals surface area contributed by atoms with E-state index in [1.165, 1.54) is 24.3 Å². The molecule has 0 aromatic carbocycles. The van der Waals surface area contributed by atoms with Crippen LogP contribution in [0.2, 0.25) is 0 Å². The third-order valence-electron chi connectivity index (χ3n) is 1.96. The Bertz CT molecular complexity index is 294. The van der Waals surface area contributed by atoms with E-state index in [2.05, 4.69) is 37.0 Å². The van der Waals surface area contributed by atoms with Gasteiger partial charge in [-0.3, -0.25) is 4.98 Å². The van der Waals surface area contributed by atoms with E-state index in [4.69, 9.17) is 0 Å². The van der Waals surface area contributed by atoms with Gasteiger partial charge in [-0.2, -0.15) is 0 Å². The predicted molar refractivity (Wildman–Crippen MR) is 66.3 cm³/mol. The number of aryl methyl sites for hydroxylation is 1. The highest BCUT2D eigenvalue weighted by atomic mass is 31.1. The largest absolute Gasteiger partial charge is 0.257 e. The molecule has 1 unspecified atom stereocenters. The van der Waals surface area contributed by atoms with Gasteiger partial charge in [0.1, 0.15) is 0 Å². The number of hydrogen-bond donors (Lipinski definition) is 0. The van der Waals surface area contributed by atoms with E-state index < -0.39 is 0 Å². The number of hydrogen-bond acceptors (Lipinski definition) is 1. The molecule has 1 atom stereocenters.